The number of nitrogens with one attached hydrogen (secondary N) is 1. The molecule has 7 nitrogen and oxygen atoms in total. The van der Waals surface area contributed by atoms with Crippen LogP contribution >= 0.6 is 0 Å². The van der Waals surface area contributed by atoms with Crippen LogP contribution in [0.3, 0.4) is 0 Å². The lowest BCUT2D eigenvalue weighted by Gasteiger charge is -2.30. The predicted molar refractivity (Wildman–Crippen MR) is 133 cm³/mol. The molecule has 2 aliphatic rings. The number of hydrogen-bond acceptors (Lipinski definition) is 4. The molecule has 2 aromatic carbocycles. The van der Waals surface area contributed by atoms with Gasteiger partial charge in [-0.05, 0) is 88.6 Å². The Kier molecular flexibility index (Phi) is 6.29. The third-order valence-corrected chi connectivity index (χ3v) is 8.11. The fraction of sp³-hybridized carbons (Fsp3) is 0.500. The van der Waals surface area contributed by atoms with Gasteiger partial charge in [0, 0.05) is 18.2 Å². The minimum atomic E-state index is -3.74. The fourth-order valence-corrected chi connectivity index (χ4v) is 6.40. The lowest BCUT2D eigenvalue weighted by molar-refractivity contribution is -0.160. The molecule has 1 aliphatic heterocycles. The van der Waals surface area contributed by atoms with Crippen molar-refractivity contribution >= 4 is 21.9 Å². The van der Waals surface area contributed by atoms with Gasteiger partial charge >= 0.3 is 16.2 Å². The van der Waals surface area contributed by atoms with Gasteiger partial charge in [-0.1, -0.05) is 29.8 Å². The van der Waals surface area contributed by atoms with Gasteiger partial charge in [0.1, 0.15) is 0 Å². The van der Waals surface area contributed by atoms with Gasteiger partial charge in [-0.2, -0.15) is 12.7 Å². The number of aliphatic carboxylic acids is 1. The molecule has 1 saturated carbocycles. The van der Waals surface area contributed by atoms with Gasteiger partial charge in [0.05, 0.1) is 11.3 Å². The van der Waals surface area contributed by atoms with Crippen LogP contribution in [0, 0.1) is 20.8 Å². The Bertz CT molecular complexity index is 1230. The summed E-state index contributed by atoms with van der Waals surface area (Å²) in [6.07, 6.45) is 1.04. The molecule has 0 unspecified atom stereocenters. The number of carbonyl (C=O) groups is 1. The van der Waals surface area contributed by atoms with Gasteiger partial charge in [0.2, 0.25) is 0 Å². The second kappa shape index (κ2) is 8.66. The summed E-state index contributed by atoms with van der Waals surface area (Å²) in [6, 6.07) is 8.01. The van der Waals surface area contributed by atoms with Crippen molar-refractivity contribution in [3.63, 3.8) is 0 Å². The first-order valence-electron chi connectivity index (χ1n) is 11.7. The Labute approximate surface area is 202 Å². The van der Waals surface area contributed by atoms with Crippen molar-refractivity contribution in [2.75, 3.05) is 11.3 Å². The van der Waals surface area contributed by atoms with Crippen LogP contribution in [-0.2, 0) is 26.2 Å². The number of rotatable bonds is 5. The summed E-state index contributed by atoms with van der Waals surface area (Å²) in [5.41, 5.74) is 5.42. The maximum atomic E-state index is 13.2. The highest BCUT2D eigenvalue weighted by Crippen LogP contribution is 2.45. The van der Waals surface area contributed by atoms with Crippen LogP contribution in [-0.4, -0.2) is 42.0 Å². The Morgan fingerprint density at radius 2 is 1.74 bits per heavy atom. The Balaban J connectivity index is 2.00. The molecule has 2 N–H and O–H groups in total. The molecule has 1 atom stereocenters. The minimum absolute atomic E-state index is 0.0412. The van der Waals surface area contributed by atoms with Crippen LogP contribution < -0.4 is 4.72 Å². The van der Waals surface area contributed by atoms with Gasteiger partial charge in [-0.25, -0.2) is 4.79 Å². The van der Waals surface area contributed by atoms with E-state index in [1.165, 1.54) is 0 Å². The highest BCUT2D eigenvalue weighted by atomic mass is 32.2. The number of hydrogen-bond donors (Lipinski definition) is 2. The summed E-state index contributed by atoms with van der Waals surface area (Å²) in [7, 11) is -3.74. The van der Waals surface area contributed by atoms with Crippen LogP contribution in [0.2, 0.25) is 0 Å². The van der Waals surface area contributed by atoms with Crippen molar-refractivity contribution in [2.45, 2.75) is 78.6 Å². The van der Waals surface area contributed by atoms with E-state index >= 15 is 0 Å². The van der Waals surface area contributed by atoms with E-state index in [0.29, 0.717) is 29.8 Å². The monoisotopic (exact) mass is 486 g/mol. The van der Waals surface area contributed by atoms with Crippen molar-refractivity contribution in [2.24, 2.45) is 0 Å². The SMILES string of the molecule is Cc1ccc(-c2c(C)c3c(c(C)c2[C@H](OC(C)(C)C)C(=O)O)NS(=O)(=O)N(C2CC2)CC3)cc1. The zero-order valence-electron chi connectivity index (χ0n) is 20.7. The lowest BCUT2D eigenvalue weighted by atomic mass is 9.83. The molecule has 4 rings (SSSR count). The Morgan fingerprint density at radius 1 is 1.12 bits per heavy atom. The summed E-state index contributed by atoms with van der Waals surface area (Å²) >= 11 is 0. The molecule has 1 aliphatic carbocycles. The molecule has 2 aromatic rings. The van der Waals surface area contributed by atoms with E-state index in [1.54, 1.807) is 11.2 Å². The normalized spacial score (nSPS) is 19.1. The van der Waals surface area contributed by atoms with Gasteiger partial charge < -0.3 is 9.84 Å². The first-order valence-corrected chi connectivity index (χ1v) is 13.2. The topological polar surface area (TPSA) is 95.9 Å². The molecular formula is C26H34N2O5S. The molecule has 0 radical (unpaired) electrons. The first-order chi connectivity index (χ1) is 15.8. The van der Waals surface area contributed by atoms with E-state index in [9.17, 15) is 18.3 Å². The van der Waals surface area contributed by atoms with Crippen molar-refractivity contribution < 1.29 is 23.1 Å². The molecular weight excluding hydrogens is 452 g/mol. The number of aryl methyl sites for hydroxylation is 1. The molecule has 0 aromatic heterocycles. The quantitative estimate of drug-likeness (QED) is 0.627. The number of fused-ring (bicyclic) bond motifs is 1. The number of nitrogens with zero attached hydrogens (tertiary/aromatic N) is 1. The van der Waals surface area contributed by atoms with Crippen LogP contribution in [0.5, 0.6) is 0 Å². The van der Waals surface area contributed by atoms with E-state index in [-0.39, 0.29) is 6.04 Å². The van der Waals surface area contributed by atoms with Gasteiger partial charge in [0.25, 0.3) is 0 Å². The predicted octanol–water partition coefficient (Wildman–Crippen LogP) is 4.90. The summed E-state index contributed by atoms with van der Waals surface area (Å²) in [5.74, 6) is -1.11. The molecule has 34 heavy (non-hydrogen) atoms. The smallest absolute Gasteiger partial charge is 0.337 e. The first kappa shape index (κ1) is 24.7. The third kappa shape index (κ3) is 4.72. The highest BCUT2D eigenvalue weighted by Gasteiger charge is 2.41. The molecule has 0 bridgehead atoms. The zero-order chi connectivity index (χ0) is 25.0. The van der Waals surface area contributed by atoms with Crippen LogP contribution in [0.25, 0.3) is 11.1 Å². The molecule has 1 heterocycles. The maximum absolute atomic E-state index is 13.2. The minimum Gasteiger partial charge on any atom is -0.479 e. The summed E-state index contributed by atoms with van der Waals surface area (Å²) < 4.78 is 36.9. The standard InChI is InChI=1S/C26H34N2O5S/c1-15-7-9-18(10-8-15)21-16(2)20-13-14-28(19-11-12-19)34(31,32)27-23(20)17(3)22(21)24(25(29)30)33-26(4,5)6/h7-10,19,24,27H,11-14H2,1-6H3,(H,29,30)/t24-/m0/s1. The average molecular weight is 487 g/mol. The number of anilines is 1. The number of carboxylic acid groups (broad SMARTS) is 1. The van der Waals surface area contributed by atoms with E-state index < -0.39 is 27.9 Å². The molecule has 8 heteroatoms. The van der Waals surface area contributed by atoms with Crippen LogP contribution in [0.1, 0.15) is 67.5 Å². The van der Waals surface area contributed by atoms with Crippen LogP contribution in [0.4, 0.5) is 5.69 Å². The molecule has 0 amide bonds. The van der Waals surface area contributed by atoms with Crippen molar-refractivity contribution in [1.82, 2.24) is 4.31 Å². The van der Waals surface area contributed by atoms with E-state index in [0.717, 1.165) is 40.7 Å². The Hall–Kier alpha value is -2.42. The average Bonchev–Trinajstić information content (AvgIpc) is 3.56. The number of carboxylic acids is 1. The molecule has 1 fully saturated rings. The number of benzene rings is 2. The van der Waals surface area contributed by atoms with E-state index in [1.807, 2.05) is 58.9 Å². The lowest BCUT2D eigenvalue weighted by Crippen LogP contribution is -2.37. The second-order valence-electron chi connectivity index (χ2n) is 10.4. The van der Waals surface area contributed by atoms with Gasteiger partial charge in [0.15, 0.2) is 6.10 Å². The summed E-state index contributed by atoms with van der Waals surface area (Å²) in [5, 5.41) is 10.2. The zero-order valence-corrected chi connectivity index (χ0v) is 21.5. The van der Waals surface area contributed by atoms with Gasteiger partial charge in [-0.15, -0.1) is 0 Å². The highest BCUT2D eigenvalue weighted by molar-refractivity contribution is 7.90. The molecule has 184 valence electrons. The summed E-state index contributed by atoms with van der Waals surface area (Å²) in [4.78, 5) is 12.5. The van der Waals surface area contributed by atoms with E-state index in [2.05, 4.69) is 4.72 Å². The van der Waals surface area contributed by atoms with E-state index in [4.69, 9.17) is 4.74 Å². The van der Waals surface area contributed by atoms with Crippen molar-refractivity contribution in [1.29, 1.82) is 0 Å². The largest absolute Gasteiger partial charge is 0.479 e. The molecule has 0 spiro atoms. The summed E-state index contributed by atoms with van der Waals surface area (Å²) in [6.45, 7) is 11.6. The third-order valence-electron chi connectivity index (χ3n) is 6.55. The van der Waals surface area contributed by atoms with Crippen LogP contribution in [0.15, 0.2) is 24.3 Å². The molecule has 0 saturated heterocycles. The fourth-order valence-electron chi connectivity index (χ4n) is 4.82. The second-order valence-corrected chi connectivity index (χ2v) is 12.0. The van der Waals surface area contributed by atoms with Crippen molar-refractivity contribution in [3.8, 4) is 11.1 Å². The number of ether oxygens (including phenoxy) is 1. The Morgan fingerprint density at radius 3 is 2.26 bits per heavy atom. The van der Waals surface area contributed by atoms with Gasteiger partial charge in [-0.3, -0.25) is 4.72 Å². The van der Waals surface area contributed by atoms with Crippen molar-refractivity contribution in [3.05, 3.63) is 52.1 Å². The maximum Gasteiger partial charge on any atom is 0.337 e.